The van der Waals surface area contributed by atoms with Crippen molar-refractivity contribution in [1.29, 1.82) is 0 Å². The second-order valence-corrected chi connectivity index (χ2v) is 5.76. The largest absolute Gasteiger partial charge is 0.396 e. The van der Waals surface area contributed by atoms with Crippen LogP contribution in [0.5, 0.6) is 0 Å². The van der Waals surface area contributed by atoms with Gasteiger partial charge in [-0.2, -0.15) is 0 Å². The van der Waals surface area contributed by atoms with Gasteiger partial charge in [0, 0.05) is 17.5 Å². The number of nitrogens with one attached hydrogen (secondary N) is 1. The van der Waals surface area contributed by atoms with Gasteiger partial charge in [-0.15, -0.1) is 0 Å². The van der Waals surface area contributed by atoms with E-state index in [0.717, 1.165) is 31.2 Å². The first-order chi connectivity index (χ1) is 9.69. The van der Waals surface area contributed by atoms with Gasteiger partial charge in [0.15, 0.2) is 0 Å². The number of hydrogen-bond acceptors (Lipinski definition) is 3. The highest BCUT2D eigenvalue weighted by Crippen LogP contribution is 2.35. The van der Waals surface area contributed by atoms with Crippen molar-refractivity contribution in [3.63, 3.8) is 0 Å². The lowest BCUT2D eigenvalue weighted by atomic mass is 9.74. The van der Waals surface area contributed by atoms with Gasteiger partial charge in [0.2, 0.25) is 0 Å². The number of aliphatic hydroxyl groups excluding tert-OH is 2. The Morgan fingerprint density at radius 3 is 2.30 bits per heavy atom. The Labute approximate surface area is 119 Å². The fourth-order valence-electron chi connectivity index (χ4n) is 2.82. The van der Waals surface area contributed by atoms with Crippen LogP contribution in [0.2, 0.25) is 0 Å². The minimum Gasteiger partial charge on any atom is -0.396 e. The minimum absolute atomic E-state index is 0.0183. The SMILES string of the molecule is O=C(NCC1(CO)CCCCC1)c1ccc(CO)cc1. The number of hydrogen-bond donors (Lipinski definition) is 3. The molecule has 1 saturated carbocycles. The lowest BCUT2D eigenvalue weighted by Crippen LogP contribution is -2.41. The second kappa shape index (κ2) is 6.86. The van der Waals surface area contributed by atoms with E-state index in [-0.39, 0.29) is 24.5 Å². The molecule has 0 spiro atoms. The molecule has 0 saturated heterocycles. The number of aliphatic hydroxyl groups is 2. The molecule has 1 amide bonds. The fraction of sp³-hybridized carbons (Fsp3) is 0.562. The maximum absolute atomic E-state index is 12.1. The first kappa shape index (κ1) is 15.0. The summed E-state index contributed by atoms with van der Waals surface area (Å²) in [5.41, 5.74) is 1.24. The van der Waals surface area contributed by atoms with E-state index in [1.54, 1.807) is 24.3 Å². The van der Waals surface area contributed by atoms with Crippen LogP contribution in [0.3, 0.4) is 0 Å². The molecule has 0 aliphatic heterocycles. The second-order valence-electron chi connectivity index (χ2n) is 5.76. The summed E-state index contributed by atoms with van der Waals surface area (Å²) in [4.78, 5) is 12.1. The molecular formula is C16H23NO3. The Kier molecular flexibility index (Phi) is 5.15. The highest BCUT2D eigenvalue weighted by molar-refractivity contribution is 5.94. The standard InChI is InChI=1S/C16H23NO3/c18-10-13-4-6-14(7-5-13)15(20)17-11-16(12-19)8-2-1-3-9-16/h4-7,18-19H,1-3,8-12H2,(H,17,20). The van der Waals surface area contributed by atoms with Crippen LogP contribution in [0.4, 0.5) is 0 Å². The Bertz CT molecular complexity index is 436. The van der Waals surface area contributed by atoms with Crippen LogP contribution in [0.15, 0.2) is 24.3 Å². The van der Waals surface area contributed by atoms with E-state index in [4.69, 9.17) is 5.11 Å². The first-order valence-electron chi connectivity index (χ1n) is 7.28. The average Bonchev–Trinajstić information content (AvgIpc) is 2.53. The summed E-state index contributed by atoms with van der Waals surface area (Å²) in [5, 5.41) is 21.5. The van der Waals surface area contributed by atoms with E-state index < -0.39 is 0 Å². The van der Waals surface area contributed by atoms with Crippen molar-refractivity contribution in [3.8, 4) is 0 Å². The van der Waals surface area contributed by atoms with Crippen molar-refractivity contribution in [2.75, 3.05) is 13.2 Å². The van der Waals surface area contributed by atoms with Crippen LogP contribution < -0.4 is 5.32 Å². The highest BCUT2D eigenvalue weighted by Gasteiger charge is 2.31. The van der Waals surface area contributed by atoms with E-state index in [2.05, 4.69) is 5.32 Å². The van der Waals surface area contributed by atoms with Gasteiger partial charge in [-0.3, -0.25) is 4.79 Å². The van der Waals surface area contributed by atoms with Crippen molar-refractivity contribution in [2.24, 2.45) is 5.41 Å². The summed E-state index contributed by atoms with van der Waals surface area (Å²) < 4.78 is 0. The molecule has 0 atom stereocenters. The Balaban J connectivity index is 1.93. The van der Waals surface area contributed by atoms with Gasteiger partial charge in [0.1, 0.15) is 0 Å². The molecule has 0 bridgehead atoms. The number of benzene rings is 1. The summed E-state index contributed by atoms with van der Waals surface area (Å²) in [5.74, 6) is -0.118. The molecule has 1 fully saturated rings. The first-order valence-corrected chi connectivity index (χ1v) is 7.28. The molecule has 1 aromatic carbocycles. The lowest BCUT2D eigenvalue weighted by molar-refractivity contribution is 0.0718. The molecule has 3 N–H and O–H groups in total. The molecule has 4 heteroatoms. The molecule has 0 unspecified atom stereocenters. The van der Waals surface area contributed by atoms with Crippen molar-refractivity contribution < 1.29 is 15.0 Å². The third-order valence-corrected chi connectivity index (χ3v) is 4.27. The summed E-state index contributed by atoms with van der Waals surface area (Å²) in [6, 6.07) is 6.93. The molecule has 1 aliphatic carbocycles. The van der Waals surface area contributed by atoms with Gasteiger partial charge in [0.05, 0.1) is 13.2 Å². The zero-order valence-electron chi connectivity index (χ0n) is 11.8. The van der Waals surface area contributed by atoms with Crippen LogP contribution in [0, 0.1) is 5.41 Å². The third kappa shape index (κ3) is 3.58. The predicted octanol–water partition coefficient (Wildman–Crippen LogP) is 1.85. The maximum Gasteiger partial charge on any atom is 0.251 e. The van der Waals surface area contributed by atoms with Crippen LogP contribution in [-0.4, -0.2) is 29.3 Å². The van der Waals surface area contributed by atoms with Crippen molar-refractivity contribution in [3.05, 3.63) is 35.4 Å². The molecule has 4 nitrogen and oxygen atoms in total. The van der Waals surface area contributed by atoms with Gasteiger partial charge in [-0.25, -0.2) is 0 Å². The normalized spacial score (nSPS) is 17.7. The van der Waals surface area contributed by atoms with Gasteiger partial charge in [-0.05, 0) is 30.5 Å². The number of rotatable bonds is 5. The molecule has 0 radical (unpaired) electrons. The van der Waals surface area contributed by atoms with Crippen molar-refractivity contribution in [2.45, 2.75) is 38.7 Å². The Morgan fingerprint density at radius 2 is 1.75 bits per heavy atom. The van der Waals surface area contributed by atoms with E-state index in [0.29, 0.717) is 12.1 Å². The highest BCUT2D eigenvalue weighted by atomic mass is 16.3. The van der Waals surface area contributed by atoms with Crippen molar-refractivity contribution in [1.82, 2.24) is 5.32 Å². The molecule has 1 aromatic rings. The van der Waals surface area contributed by atoms with Crippen LogP contribution in [0.1, 0.15) is 48.0 Å². The zero-order chi connectivity index (χ0) is 14.4. The summed E-state index contributed by atoms with van der Waals surface area (Å²) in [6.07, 6.45) is 5.43. The minimum atomic E-state index is -0.140. The number of carbonyl (C=O) groups is 1. The predicted molar refractivity (Wildman–Crippen MR) is 77.3 cm³/mol. The fourth-order valence-corrected chi connectivity index (χ4v) is 2.82. The number of amides is 1. The van der Waals surface area contributed by atoms with Crippen molar-refractivity contribution >= 4 is 5.91 Å². The quantitative estimate of drug-likeness (QED) is 0.769. The molecule has 0 aromatic heterocycles. The van der Waals surface area contributed by atoms with E-state index in [1.807, 2.05) is 0 Å². The molecule has 110 valence electrons. The van der Waals surface area contributed by atoms with Crippen LogP contribution in [-0.2, 0) is 6.61 Å². The summed E-state index contributed by atoms with van der Waals surface area (Å²) in [7, 11) is 0. The molecule has 2 rings (SSSR count). The smallest absolute Gasteiger partial charge is 0.251 e. The van der Waals surface area contributed by atoms with Crippen LogP contribution in [0.25, 0.3) is 0 Å². The van der Waals surface area contributed by atoms with Gasteiger partial charge in [-0.1, -0.05) is 31.4 Å². The van der Waals surface area contributed by atoms with E-state index in [9.17, 15) is 9.90 Å². The Hall–Kier alpha value is -1.39. The third-order valence-electron chi connectivity index (χ3n) is 4.27. The molecule has 20 heavy (non-hydrogen) atoms. The zero-order valence-corrected chi connectivity index (χ0v) is 11.8. The summed E-state index contributed by atoms with van der Waals surface area (Å²) in [6.45, 7) is 0.649. The van der Waals surface area contributed by atoms with Gasteiger partial charge >= 0.3 is 0 Å². The summed E-state index contributed by atoms with van der Waals surface area (Å²) >= 11 is 0. The van der Waals surface area contributed by atoms with Crippen LogP contribution >= 0.6 is 0 Å². The average molecular weight is 277 g/mol. The van der Waals surface area contributed by atoms with E-state index in [1.165, 1.54) is 6.42 Å². The monoisotopic (exact) mass is 277 g/mol. The molecule has 0 heterocycles. The topological polar surface area (TPSA) is 69.6 Å². The molecule has 1 aliphatic rings. The van der Waals surface area contributed by atoms with E-state index >= 15 is 0 Å². The van der Waals surface area contributed by atoms with Gasteiger partial charge < -0.3 is 15.5 Å². The maximum atomic E-state index is 12.1. The number of carbonyl (C=O) groups excluding carboxylic acids is 1. The Morgan fingerprint density at radius 1 is 1.10 bits per heavy atom. The molecular weight excluding hydrogens is 254 g/mol. The lowest BCUT2D eigenvalue weighted by Gasteiger charge is -2.35. The van der Waals surface area contributed by atoms with Gasteiger partial charge in [0.25, 0.3) is 5.91 Å².